The lowest BCUT2D eigenvalue weighted by Gasteiger charge is -2.23. The Morgan fingerprint density at radius 2 is 1.48 bits per heavy atom. The second-order valence-corrected chi connectivity index (χ2v) is 10.1. The molecule has 0 N–H and O–H groups in total. The highest BCUT2D eigenvalue weighted by Crippen LogP contribution is 2.40. The number of hydrogen-bond acceptors (Lipinski definition) is 5. The lowest BCUT2D eigenvalue weighted by Crippen LogP contribution is -2.19. The second kappa shape index (κ2) is 9.98. The largest absolute Gasteiger partial charge is 0.422 e. The van der Waals surface area contributed by atoms with E-state index in [1.54, 1.807) is 6.07 Å². The molecule has 194 valence electrons. The third-order valence-electron chi connectivity index (χ3n) is 7.12. The zero-order valence-corrected chi connectivity index (χ0v) is 22.1. The predicted octanol–water partition coefficient (Wildman–Crippen LogP) is 7.65. The predicted molar refractivity (Wildman–Crippen MR) is 159 cm³/mol. The Kier molecular flexibility index (Phi) is 6.02. The quantitative estimate of drug-likeness (QED) is 0.210. The number of rotatable bonds is 5. The number of aromatic nitrogens is 2. The van der Waals surface area contributed by atoms with Gasteiger partial charge < -0.3 is 4.42 Å². The molecule has 1 aliphatic rings. The van der Waals surface area contributed by atoms with E-state index in [2.05, 4.69) is 6.20 Å². The molecular weight excluding hydrogens is 520 g/mol. The Morgan fingerprint density at radius 3 is 2.23 bits per heavy atom. The smallest absolute Gasteiger partial charge is 0.345 e. The first kappa shape index (κ1) is 24.1. The number of benzene rings is 4. The van der Waals surface area contributed by atoms with Crippen LogP contribution in [0.5, 0.6) is 0 Å². The summed E-state index contributed by atoms with van der Waals surface area (Å²) < 4.78 is 7.56. The van der Waals surface area contributed by atoms with Gasteiger partial charge in [-0.1, -0.05) is 78.3 Å². The molecule has 3 heterocycles. The highest BCUT2D eigenvalue weighted by atomic mass is 35.5. The van der Waals surface area contributed by atoms with E-state index in [0.29, 0.717) is 28.3 Å². The zero-order chi connectivity index (χ0) is 27.1. The highest BCUT2D eigenvalue weighted by molar-refractivity contribution is 6.30. The first-order chi connectivity index (χ1) is 19.6. The molecule has 0 radical (unpaired) electrons. The van der Waals surface area contributed by atoms with Crippen molar-refractivity contribution in [2.24, 2.45) is 5.10 Å². The molecule has 7 heteroatoms. The average molecular weight is 543 g/mol. The van der Waals surface area contributed by atoms with E-state index in [4.69, 9.17) is 26.2 Å². The SMILES string of the molecule is O=c1oc2ccccc2cc1C1=NN(c2ccccc2)C(c2cn(-c3ccccc3)nc2-c2ccc(Cl)cc2)C1. The van der Waals surface area contributed by atoms with Gasteiger partial charge in [-0.05, 0) is 48.5 Å². The van der Waals surface area contributed by atoms with Crippen LogP contribution in [0, 0.1) is 0 Å². The van der Waals surface area contributed by atoms with Gasteiger partial charge in [0.05, 0.1) is 34.4 Å². The molecule has 0 saturated carbocycles. The van der Waals surface area contributed by atoms with Crippen LogP contribution in [0.1, 0.15) is 23.6 Å². The molecule has 6 aromatic rings. The molecule has 6 nitrogen and oxygen atoms in total. The van der Waals surface area contributed by atoms with Crippen LogP contribution in [0.4, 0.5) is 5.69 Å². The maximum absolute atomic E-state index is 13.1. The van der Waals surface area contributed by atoms with Gasteiger partial charge in [0.2, 0.25) is 0 Å². The van der Waals surface area contributed by atoms with E-state index in [0.717, 1.165) is 33.6 Å². The van der Waals surface area contributed by atoms with Gasteiger partial charge in [0.1, 0.15) is 5.58 Å². The average Bonchev–Trinajstić information content (AvgIpc) is 3.63. The molecule has 0 amide bonds. The highest BCUT2D eigenvalue weighted by Gasteiger charge is 2.34. The Balaban J connectivity index is 1.39. The fraction of sp³-hybridized carbons (Fsp3) is 0.0606. The lowest BCUT2D eigenvalue weighted by atomic mass is 9.96. The van der Waals surface area contributed by atoms with E-state index >= 15 is 0 Å². The fourth-order valence-corrected chi connectivity index (χ4v) is 5.30. The van der Waals surface area contributed by atoms with Gasteiger partial charge in [-0.15, -0.1) is 0 Å². The van der Waals surface area contributed by atoms with E-state index < -0.39 is 5.63 Å². The van der Waals surface area contributed by atoms with E-state index in [1.165, 1.54) is 0 Å². The summed E-state index contributed by atoms with van der Waals surface area (Å²) in [5.74, 6) is 0. The van der Waals surface area contributed by atoms with Crippen LogP contribution in [-0.2, 0) is 0 Å². The minimum absolute atomic E-state index is 0.216. The van der Waals surface area contributed by atoms with Crippen LogP contribution >= 0.6 is 11.6 Å². The molecular formula is C33H23ClN4O2. The zero-order valence-electron chi connectivity index (χ0n) is 21.3. The second-order valence-electron chi connectivity index (χ2n) is 9.65. The molecule has 40 heavy (non-hydrogen) atoms. The van der Waals surface area contributed by atoms with Crippen LogP contribution in [0.2, 0.25) is 5.02 Å². The van der Waals surface area contributed by atoms with Gasteiger partial charge >= 0.3 is 5.63 Å². The van der Waals surface area contributed by atoms with Crippen molar-refractivity contribution in [3.05, 3.63) is 148 Å². The van der Waals surface area contributed by atoms with E-state index in [9.17, 15) is 4.79 Å². The number of anilines is 1. The van der Waals surface area contributed by atoms with Crippen LogP contribution in [-0.4, -0.2) is 15.5 Å². The molecule has 1 unspecified atom stereocenters. The van der Waals surface area contributed by atoms with Gasteiger partial charge in [0.25, 0.3) is 0 Å². The van der Waals surface area contributed by atoms with Crippen LogP contribution in [0.25, 0.3) is 27.9 Å². The van der Waals surface area contributed by atoms with Crippen molar-refractivity contribution in [2.75, 3.05) is 5.01 Å². The summed E-state index contributed by atoms with van der Waals surface area (Å²) in [6.45, 7) is 0. The third kappa shape index (κ3) is 4.38. The van der Waals surface area contributed by atoms with Gasteiger partial charge in [-0.2, -0.15) is 10.2 Å². The Hall–Kier alpha value is -4.94. The molecule has 1 aliphatic heterocycles. The molecule has 0 saturated heterocycles. The van der Waals surface area contributed by atoms with Crippen molar-refractivity contribution in [3.8, 4) is 16.9 Å². The van der Waals surface area contributed by atoms with Crippen molar-refractivity contribution in [1.29, 1.82) is 0 Å². The minimum atomic E-state index is -0.399. The molecule has 1 atom stereocenters. The summed E-state index contributed by atoms with van der Waals surface area (Å²) in [6.07, 6.45) is 2.56. The number of hydrazone groups is 1. The van der Waals surface area contributed by atoms with Gasteiger partial charge in [0, 0.05) is 34.2 Å². The normalized spacial score (nSPS) is 15.0. The van der Waals surface area contributed by atoms with Crippen molar-refractivity contribution in [2.45, 2.75) is 12.5 Å². The fourth-order valence-electron chi connectivity index (χ4n) is 5.17. The van der Waals surface area contributed by atoms with Crippen molar-refractivity contribution < 1.29 is 4.42 Å². The van der Waals surface area contributed by atoms with Crippen LogP contribution < -0.4 is 10.6 Å². The Bertz CT molecular complexity index is 1910. The standard InChI is InChI=1S/C33H23ClN4O2/c34-24-17-15-22(16-18-24)32-28(21-37(36-32)25-10-3-1-4-11-25)30-20-29(35-38(30)26-12-5-2-6-13-26)27-19-23-9-7-8-14-31(23)40-33(27)39/h1-19,21,30H,20H2. The maximum atomic E-state index is 13.1. The van der Waals surface area contributed by atoms with Crippen molar-refractivity contribution in [1.82, 2.24) is 9.78 Å². The first-order valence-corrected chi connectivity index (χ1v) is 13.4. The summed E-state index contributed by atoms with van der Waals surface area (Å²) in [6, 6.07) is 36.9. The third-order valence-corrected chi connectivity index (χ3v) is 7.38. The summed E-state index contributed by atoms with van der Waals surface area (Å²) in [5, 5.41) is 13.5. The van der Waals surface area contributed by atoms with Gasteiger partial charge in [-0.3, -0.25) is 5.01 Å². The molecule has 7 rings (SSSR count). The Morgan fingerprint density at radius 1 is 0.800 bits per heavy atom. The van der Waals surface area contributed by atoms with Crippen LogP contribution in [0.15, 0.2) is 136 Å². The van der Waals surface area contributed by atoms with Crippen LogP contribution in [0.3, 0.4) is 0 Å². The number of para-hydroxylation sites is 3. The minimum Gasteiger partial charge on any atom is -0.422 e. The van der Waals surface area contributed by atoms with E-state index in [1.807, 2.05) is 119 Å². The monoisotopic (exact) mass is 542 g/mol. The molecule has 0 spiro atoms. The molecule has 2 aromatic heterocycles. The van der Waals surface area contributed by atoms with Gasteiger partial charge in [0.15, 0.2) is 0 Å². The van der Waals surface area contributed by atoms with Crippen molar-refractivity contribution in [3.63, 3.8) is 0 Å². The summed E-state index contributed by atoms with van der Waals surface area (Å²) in [5.41, 5.74) is 5.91. The molecule has 0 fully saturated rings. The maximum Gasteiger partial charge on any atom is 0.345 e. The molecule has 0 bridgehead atoms. The first-order valence-electron chi connectivity index (χ1n) is 13.0. The summed E-state index contributed by atoms with van der Waals surface area (Å²) in [4.78, 5) is 13.1. The molecule has 4 aromatic carbocycles. The summed E-state index contributed by atoms with van der Waals surface area (Å²) >= 11 is 6.22. The van der Waals surface area contributed by atoms with E-state index in [-0.39, 0.29) is 6.04 Å². The molecule has 0 aliphatic carbocycles. The summed E-state index contributed by atoms with van der Waals surface area (Å²) in [7, 11) is 0. The Labute approximate surface area is 235 Å². The number of halogens is 1. The van der Waals surface area contributed by atoms with Crippen molar-refractivity contribution >= 4 is 34.0 Å². The topological polar surface area (TPSA) is 63.6 Å². The van der Waals surface area contributed by atoms with Gasteiger partial charge in [-0.25, -0.2) is 9.48 Å². The lowest BCUT2D eigenvalue weighted by molar-refractivity contribution is 0.559. The number of hydrogen-bond donors (Lipinski definition) is 0. The number of fused-ring (bicyclic) bond motifs is 1. The number of nitrogens with zero attached hydrogens (tertiary/aromatic N) is 4.